The third-order valence-electron chi connectivity index (χ3n) is 3.12. The Morgan fingerprint density at radius 2 is 2.30 bits per heavy atom. The van der Waals surface area contributed by atoms with Crippen molar-refractivity contribution >= 4 is 11.3 Å². The van der Waals surface area contributed by atoms with Gasteiger partial charge in [-0.1, -0.05) is 6.08 Å². The minimum Gasteiger partial charge on any atom is -0.468 e. The van der Waals surface area contributed by atoms with Gasteiger partial charge in [-0.2, -0.15) is 11.3 Å². The summed E-state index contributed by atoms with van der Waals surface area (Å²) in [6.07, 6.45) is 4.79. The first kappa shape index (κ1) is 15.0. The van der Waals surface area contributed by atoms with Gasteiger partial charge in [-0.15, -0.1) is 6.58 Å². The number of allylic oxidation sites excluding steroid dienone is 1. The highest BCUT2D eigenvalue weighted by Crippen LogP contribution is 2.14. The molecular formula is C16H21NO2S. The zero-order valence-electron chi connectivity index (χ0n) is 11.6. The highest BCUT2D eigenvalue weighted by atomic mass is 32.1. The van der Waals surface area contributed by atoms with E-state index in [9.17, 15) is 5.11 Å². The molecule has 0 amide bonds. The molecule has 1 N–H and O–H groups in total. The van der Waals surface area contributed by atoms with Crippen LogP contribution in [-0.4, -0.2) is 22.7 Å². The second kappa shape index (κ2) is 8.04. The Balaban J connectivity index is 1.93. The van der Waals surface area contributed by atoms with Crippen molar-refractivity contribution in [1.29, 1.82) is 0 Å². The summed E-state index contributed by atoms with van der Waals surface area (Å²) in [5, 5.41) is 14.3. The van der Waals surface area contributed by atoms with Crippen molar-refractivity contribution in [3.8, 4) is 0 Å². The summed E-state index contributed by atoms with van der Waals surface area (Å²) in [5.74, 6) is 0.927. The second-order valence-electron chi connectivity index (χ2n) is 4.90. The second-order valence-corrected chi connectivity index (χ2v) is 5.68. The van der Waals surface area contributed by atoms with E-state index in [4.69, 9.17) is 4.42 Å². The lowest BCUT2D eigenvalue weighted by Gasteiger charge is -2.23. The largest absolute Gasteiger partial charge is 0.468 e. The smallest absolute Gasteiger partial charge is 0.117 e. The Kier molecular flexibility index (Phi) is 6.05. The van der Waals surface area contributed by atoms with Crippen LogP contribution in [0.1, 0.15) is 24.2 Å². The Hall–Kier alpha value is -1.36. The van der Waals surface area contributed by atoms with Gasteiger partial charge in [0.05, 0.1) is 18.9 Å². The lowest BCUT2D eigenvalue weighted by molar-refractivity contribution is 0.0946. The third-order valence-corrected chi connectivity index (χ3v) is 3.85. The number of hydrogen-bond acceptors (Lipinski definition) is 4. The van der Waals surface area contributed by atoms with Crippen LogP contribution in [0.2, 0.25) is 0 Å². The molecule has 2 aromatic heterocycles. The number of aliphatic hydroxyl groups excluding tert-OH is 1. The number of hydrogen-bond donors (Lipinski definition) is 1. The van der Waals surface area contributed by atoms with Crippen LogP contribution in [0.15, 0.2) is 52.3 Å². The van der Waals surface area contributed by atoms with Crippen LogP contribution in [0.4, 0.5) is 0 Å². The molecule has 20 heavy (non-hydrogen) atoms. The van der Waals surface area contributed by atoms with Gasteiger partial charge in [-0.05, 0) is 47.4 Å². The van der Waals surface area contributed by atoms with E-state index in [0.717, 1.165) is 25.1 Å². The van der Waals surface area contributed by atoms with Crippen molar-refractivity contribution in [2.45, 2.75) is 32.0 Å². The molecular weight excluding hydrogens is 270 g/mol. The summed E-state index contributed by atoms with van der Waals surface area (Å²) in [6.45, 7) is 5.88. The van der Waals surface area contributed by atoms with Crippen LogP contribution in [0.3, 0.4) is 0 Å². The van der Waals surface area contributed by atoms with Gasteiger partial charge in [0.25, 0.3) is 0 Å². The van der Waals surface area contributed by atoms with E-state index in [1.807, 2.05) is 18.2 Å². The molecule has 0 aliphatic rings. The van der Waals surface area contributed by atoms with Gasteiger partial charge < -0.3 is 9.52 Å². The normalized spacial score (nSPS) is 12.7. The Morgan fingerprint density at radius 1 is 1.40 bits per heavy atom. The van der Waals surface area contributed by atoms with Gasteiger partial charge in [-0.3, -0.25) is 4.90 Å². The summed E-state index contributed by atoms with van der Waals surface area (Å²) >= 11 is 1.70. The van der Waals surface area contributed by atoms with E-state index in [1.54, 1.807) is 17.6 Å². The maximum Gasteiger partial charge on any atom is 0.117 e. The number of nitrogens with zero attached hydrogens (tertiary/aromatic N) is 1. The molecule has 0 aliphatic heterocycles. The van der Waals surface area contributed by atoms with Gasteiger partial charge in [-0.25, -0.2) is 0 Å². The number of aliphatic hydroxyl groups is 1. The number of furan rings is 1. The molecule has 1 unspecified atom stereocenters. The predicted molar refractivity (Wildman–Crippen MR) is 82.6 cm³/mol. The highest BCUT2D eigenvalue weighted by molar-refractivity contribution is 7.07. The SMILES string of the molecule is C=CCCC(O)CN(Cc1ccsc1)Cc1ccco1. The molecule has 108 valence electrons. The fourth-order valence-corrected chi connectivity index (χ4v) is 2.81. The van der Waals surface area contributed by atoms with E-state index in [-0.39, 0.29) is 6.10 Å². The van der Waals surface area contributed by atoms with E-state index >= 15 is 0 Å². The van der Waals surface area contributed by atoms with Crippen molar-refractivity contribution in [1.82, 2.24) is 4.90 Å². The van der Waals surface area contributed by atoms with Gasteiger partial charge in [0.15, 0.2) is 0 Å². The van der Waals surface area contributed by atoms with Crippen molar-refractivity contribution in [3.05, 3.63) is 59.2 Å². The van der Waals surface area contributed by atoms with Crippen LogP contribution in [0.5, 0.6) is 0 Å². The molecule has 0 bridgehead atoms. The Labute approximate surface area is 124 Å². The molecule has 0 saturated heterocycles. The molecule has 0 saturated carbocycles. The van der Waals surface area contributed by atoms with Crippen molar-refractivity contribution in [2.24, 2.45) is 0 Å². The minimum absolute atomic E-state index is 0.332. The summed E-state index contributed by atoms with van der Waals surface area (Å²) in [7, 11) is 0. The molecule has 4 heteroatoms. The topological polar surface area (TPSA) is 36.6 Å². The number of rotatable bonds is 9. The molecule has 0 aliphatic carbocycles. The summed E-state index contributed by atoms with van der Waals surface area (Å²) in [6, 6.07) is 5.99. The Bertz CT molecular complexity index is 442. The summed E-state index contributed by atoms with van der Waals surface area (Å²) < 4.78 is 5.41. The molecule has 0 aromatic carbocycles. The molecule has 0 fully saturated rings. The monoisotopic (exact) mass is 291 g/mol. The number of thiophene rings is 1. The fourth-order valence-electron chi connectivity index (χ4n) is 2.15. The summed E-state index contributed by atoms with van der Waals surface area (Å²) in [4.78, 5) is 2.22. The molecule has 2 heterocycles. The van der Waals surface area contributed by atoms with Crippen LogP contribution in [0, 0.1) is 0 Å². The zero-order valence-corrected chi connectivity index (χ0v) is 12.4. The van der Waals surface area contributed by atoms with E-state index in [1.165, 1.54) is 5.56 Å². The molecule has 0 spiro atoms. The average molecular weight is 291 g/mol. The van der Waals surface area contributed by atoms with Crippen LogP contribution < -0.4 is 0 Å². The van der Waals surface area contributed by atoms with Crippen molar-refractivity contribution < 1.29 is 9.52 Å². The quantitative estimate of drug-likeness (QED) is 0.716. The maximum absolute atomic E-state index is 10.1. The highest BCUT2D eigenvalue weighted by Gasteiger charge is 2.14. The van der Waals surface area contributed by atoms with E-state index < -0.39 is 0 Å². The molecule has 3 nitrogen and oxygen atoms in total. The van der Waals surface area contributed by atoms with E-state index in [2.05, 4.69) is 28.3 Å². The maximum atomic E-state index is 10.1. The van der Waals surface area contributed by atoms with Gasteiger partial charge in [0.1, 0.15) is 5.76 Å². The Morgan fingerprint density at radius 3 is 2.95 bits per heavy atom. The minimum atomic E-state index is -0.332. The first-order valence-corrected chi connectivity index (χ1v) is 7.77. The first-order chi connectivity index (χ1) is 9.78. The zero-order chi connectivity index (χ0) is 14.2. The van der Waals surface area contributed by atoms with Crippen LogP contribution in [-0.2, 0) is 13.1 Å². The van der Waals surface area contributed by atoms with Crippen LogP contribution in [0.25, 0.3) is 0 Å². The first-order valence-electron chi connectivity index (χ1n) is 6.82. The molecule has 2 rings (SSSR count). The van der Waals surface area contributed by atoms with Crippen LogP contribution >= 0.6 is 11.3 Å². The summed E-state index contributed by atoms with van der Waals surface area (Å²) in [5.41, 5.74) is 1.28. The van der Waals surface area contributed by atoms with Crippen molar-refractivity contribution in [2.75, 3.05) is 6.54 Å². The predicted octanol–water partition coefficient (Wildman–Crippen LogP) is 3.67. The van der Waals surface area contributed by atoms with Gasteiger partial charge >= 0.3 is 0 Å². The standard InChI is InChI=1S/C16H21NO2S/c1-2-3-5-15(18)11-17(10-14-7-9-20-13-14)12-16-6-4-8-19-16/h2,4,6-9,13,15,18H,1,3,5,10-12H2. The lowest BCUT2D eigenvalue weighted by Crippen LogP contribution is -2.31. The van der Waals surface area contributed by atoms with Crippen molar-refractivity contribution in [3.63, 3.8) is 0 Å². The molecule has 2 aromatic rings. The van der Waals surface area contributed by atoms with E-state index in [0.29, 0.717) is 13.1 Å². The average Bonchev–Trinajstić information content (AvgIpc) is 3.09. The van der Waals surface area contributed by atoms with Gasteiger partial charge in [0.2, 0.25) is 0 Å². The molecule has 0 radical (unpaired) electrons. The lowest BCUT2D eigenvalue weighted by atomic mass is 10.1. The van der Waals surface area contributed by atoms with Gasteiger partial charge in [0, 0.05) is 13.1 Å². The third kappa shape index (κ3) is 4.96. The molecule has 1 atom stereocenters. The fraction of sp³-hybridized carbons (Fsp3) is 0.375.